The molecule has 0 amide bonds. The molecule has 0 atom stereocenters. The molecule has 0 aliphatic carbocycles. The van der Waals surface area contributed by atoms with Crippen molar-refractivity contribution in [2.45, 2.75) is 39.8 Å². The predicted molar refractivity (Wildman–Crippen MR) is 164 cm³/mol. The van der Waals surface area contributed by atoms with E-state index in [0.29, 0.717) is 12.1 Å². The Balaban J connectivity index is 0.000000246. The second-order valence-electron chi connectivity index (χ2n) is 8.82. The van der Waals surface area contributed by atoms with E-state index >= 15 is 0 Å². The third kappa shape index (κ3) is 11.2. The molecular weight excluding hydrogens is 623 g/mol. The molecule has 4 aromatic rings. The molecule has 0 bridgehead atoms. The topological polar surface area (TPSA) is 12.5 Å². The molecule has 0 aliphatic heterocycles. The van der Waals surface area contributed by atoms with E-state index in [1.54, 1.807) is 7.11 Å². The van der Waals surface area contributed by atoms with Crippen molar-refractivity contribution in [3.63, 3.8) is 0 Å². The number of hydrogen-bond donors (Lipinski definition) is 0. The van der Waals surface area contributed by atoms with Gasteiger partial charge >= 0.3 is 35.0 Å². The molecule has 6 heteroatoms. The number of rotatable bonds is 8. The van der Waals surface area contributed by atoms with Crippen LogP contribution >= 0.6 is 27.0 Å². The zero-order chi connectivity index (χ0) is 27.8. The number of nitrogens with zero attached hydrogens (tertiary/aromatic N) is 1. The summed E-state index contributed by atoms with van der Waals surface area (Å²) in [4.78, 5) is 2.22. The average Bonchev–Trinajstić information content (AvgIpc) is 2.94. The summed E-state index contributed by atoms with van der Waals surface area (Å²) in [6.45, 7) is 12.1. The van der Waals surface area contributed by atoms with Gasteiger partial charge in [0.2, 0.25) is 0 Å². The molecule has 0 spiro atoms. The predicted octanol–water partition coefficient (Wildman–Crippen LogP) is 8.02. The maximum Gasteiger partial charge on any atom is -0.0134 e. The first kappa shape index (κ1) is 32.5. The summed E-state index contributed by atoms with van der Waals surface area (Å²) < 4.78 is 5.13. The molecular formula is C32H36Cl2NOPPd. The van der Waals surface area contributed by atoms with Crippen LogP contribution in [0.2, 0.25) is 0 Å². The molecule has 204 valence electrons. The van der Waals surface area contributed by atoms with Gasteiger partial charge in [-0.3, -0.25) is 4.90 Å². The van der Waals surface area contributed by atoms with Crippen molar-refractivity contribution in [1.29, 1.82) is 0 Å². The summed E-state index contributed by atoms with van der Waals surface area (Å²) in [5, 5.41) is 4.19. The minimum absolute atomic E-state index is 0.106. The average molecular weight is 659 g/mol. The quantitative estimate of drug-likeness (QED) is 0.108. The van der Waals surface area contributed by atoms with Gasteiger partial charge in [-0.05, 0) is 69.2 Å². The summed E-state index contributed by atoms with van der Waals surface area (Å²) in [5.74, 6) is 0.881. The fourth-order valence-corrected chi connectivity index (χ4v) is 6.15. The largest absolute Gasteiger partial charge is 0.0622 e. The second kappa shape index (κ2) is 18.6. The Hall–Kier alpha value is -1.69. The number of benzene rings is 4. The van der Waals surface area contributed by atoms with E-state index < -0.39 is 7.92 Å². The first-order valence-corrected chi connectivity index (χ1v) is 17.7. The smallest absolute Gasteiger partial charge is 0.0134 e. The summed E-state index contributed by atoms with van der Waals surface area (Å²) in [5.41, 5.74) is 1.09. The van der Waals surface area contributed by atoms with Crippen molar-refractivity contribution in [3.05, 3.63) is 127 Å². The standard InChI is InChI=1S/C18H15P.C14H21NO.2ClH.Pd/c1-4-10-16(11-5-1)19(17-12-6-2-7-13-17)18-14-8-3-9-15-18;1-11(2)15(12(3)4)10-13-6-8-14(16-5)9-7-13;;;/h1-15H;6-9,11-12H,1-5H3;2*1H;/q;;;;+2/p-2. The summed E-state index contributed by atoms with van der Waals surface area (Å²) >= 11 is -0.106. The molecule has 0 fully saturated rings. The minimum atomic E-state index is -0.446. The van der Waals surface area contributed by atoms with Gasteiger partial charge in [-0.1, -0.05) is 103 Å². The van der Waals surface area contributed by atoms with Crippen LogP contribution in [0.5, 0.6) is 5.75 Å². The van der Waals surface area contributed by atoms with Crippen LogP contribution in [0, 0.1) is 6.54 Å². The van der Waals surface area contributed by atoms with E-state index in [1.807, 2.05) is 24.3 Å². The van der Waals surface area contributed by atoms with Crippen molar-refractivity contribution < 1.29 is 20.7 Å². The van der Waals surface area contributed by atoms with E-state index in [0.717, 1.165) is 11.3 Å². The van der Waals surface area contributed by atoms with Crippen LogP contribution in [0.4, 0.5) is 0 Å². The molecule has 2 radical (unpaired) electrons. The Labute approximate surface area is 247 Å². The summed E-state index contributed by atoms with van der Waals surface area (Å²) in [6, 6.07) is 41.2. The molecule has 2 nitrogen and oxygen atoms in total. The van der Waals surface area contributed by atoms with Crippen molar-refractivity contribution in [2.75, 3.05) is 7.11 Å². The number of hydrogen-bond acceptors (Lipinski definition) is 2. The van der Waals surface area contributed by atoms with Crippen LogP contribution < -0.4 is 20.7 Å². The number of halogens is 2. The molecule has 4 rings (SSSR count). The van der Waals surface area contributed by atoms with Crippen LogP contribution in [0.15, 0.2) is 115 Å². The monoisotopic (exact) mass is 657 g/mol. The van der Waals surface area contributed by atoms with Crippen LogP contribution in [-0.2, 0) is 15.9 Å². The Morgan fingerprint density at radius 2 is 0.974 bits per heavy atom. The summed E-state index contributed by atoms with van der Waals surface area (Å²) in [6.07, 6.45) is 0. The molecule has 4 aromatic carbocycles. The van der Waals surface area contributed by atoms with E-state index in [4.69, 9.17) is 23.8 Å². The Morgan fingerprint density at radius 1 is 0.632 bits per heavy atom. The van der Waals surface area contributed by atoms with Crippen LogP contribution in [0.3, 0.4) is 0 Å². The van der Waals surface area contributed by atoms with Gasteiger partial charge in [0.25, 0.3) is 0 Å². The first-order chi connectivity index (χ1) is 18.4. The van der Waals surface area contributed by atoms with Crippen molar-refractivity contribution >= 4 is 42.9 Å². The molecule has 38 heavy (non-hydrogen) atoms. The second-order valence-corrected chi connectivity index (χ2v) is 13.4. The first-order valence-electron chi connectivity index (χ1n) is 12.4. The van der Waals surface area contributed by atoms with Gasteiger partial charge in [0.1, 0.15) is 5.75 Å². The fourth-order valence-electron chi connectivity index (χ4n) is 3.85. The Morgan fingerprint density at radius 3 is 1.26 bits per heavy atom. The van der Waals surface area contributed by atoms with Gasteiger partial charge in [0, 0.05) is 12.1 Å². The van der Waals surface area contributed by atoms with E-state index in [-0.39, 0.29) is 15.9 Å². The molecule has 0 saturated heterocycles. The molecule has 0 aromatic heterocycles. The normalized spacial score (nSPS) is 10.7. The van der Waals surface area contributed by atoms with Crippen LogP contribution in [-0.4, -0.2) is 24.1 Å². The van der Waals surface area contributed by atoms with E-state index in [1.165, 1.54) is 15.9 Å². The maximum atomic E-state index is 5.13. The summed E-state index contributed by atoms with van der Waals surface area (Å²) in [7, 11) is 10.9. The minimum Gasteiger partial charge on any atom is -0.0622 e. The van der Waals surface area contributed by atoms with Gasteiger partial charge < -0.3 is 4.74 Å². The van der Waals surface area contributed by atoms with Crippen molar-refractivity contribution in [3.8, 4) is 5.75 Å². The fraction of sp³-hybridized carbons (Fsp3) is 0.219. The van der Waals surface area contributed by atoms with Gasteiger partial charge in [-0.25, -0.2) is 0 Å². The zero-order valence-electron chi connectivity index (χ0n) is 22.5. The van der Waals surface area contributed by atoms with Gasteiger partial charge in [0.05, 0.1) is 13.7 Å². The third-order valence-corrected chi connectivity index (χ3v) is 7.95. The molecule has 0 N–H and O–H groups in total. The van der Waals surface area contributed by atoms with Gasteiger partial charge in [-0.15, -0.1) is 0 Å². The van der Waals surface area contributed by atoms with Crippen LogP contribution in [0.1, 0.15) is 33.3 Å². The zero-order valence-corrected chi connectivity index (χ0v) is 26.5. The van der Waals surface area contributed by atoms with E-state index in [2.05, 4.69) is 130 Å². The van der Waals surface area contributed by atoms with Crippen molar-refractivity contribution in [2.24, 2.45) is 0 Å². The number of ether oxygens (including phenoxy) is 1. The van der Waals surface area contributed by atoms with Gasteiger partial charge in [0.15, 0.2) is 0 Å². The van der Waals surface area contributed by atoms with Crippen molar-refractivity contribution in [1.82, 2.24) is 4.90 Å². The third-order valence-electron chi connectivity index (χ3n) is 5.50. The molecule has 0 unspecified atom stereocenters. The number of methoxy groups -OCH3 is 1. The SMILES string of the molecule is COc1ccc([C]N(C(C)C)C(C)C)cc1.[Cl][Pd][Cl].c1ccc(P(c2ccccc2)c2ccccc2)cc1. The van der Waals surface area contributed by atoms with E-state index in [9.17, 15) is 0 Å². The van der Waals surface area contributed by atoms with Crippen LogP contribution in [0.25, 0.3) is 0 Å². The molecule has 0 saturated carbocycles. The Bertz CT molecular complexity index is 1030. The Kier molecular flexibility index (Phi) is 15.9. The molecule has 0 aliphatic rings. The van der Waals surface area contributed by atoms with Gasteiger partial charge in [-0.2, -0.15) is 0 Å². The maximum absolute atomic E-state index is 5.13. The molecule has 0 heterocycles.